The molecular formula is C18H16O4S. The van der Waals surface area contributed by atoms with Crippen LogP contribution in [0.2, 0.25) is 0 Å². The molecule has 0 radical (unpaired) electrons. The van der Waals surface area contributed by atoms with Gasteiger partial charge >= 0.3 is 0 Å². The fourth-order valence-electron chi connectivity index (χ4n) is 2.81. The van der Waals surface area contributed by atoms with Gasteiger partial charge in [0, 0.05) is 22.0 Å². The van der Waals surface area contributed by atoms with E-state index in [-0.39, 0.29) is 11.5 Å². The van der Waals surface area contributed by atoms with Gasteiger partial charge in [-0.25, -0.2) is 8.42 Å². The van der Waals surface area contributed by atoms with Gasteiger partial charge in [-0.2, -0.15) is 0 Å². The Morgan fingerprint density at radius 2 is 1.13 bits per heavy atom. The van der Waals surface area contributed by atoms with Crippen molar-refractivity contribution in [1.82, 2.24) is 0 Å². The molecule has 2 N–H and O–H groups in total. The average molecular weight is 328 g/mol. The zero-order chi connectivity index (χ0) is 16.8. The lowest BCUT2D eigenvalue weighted by Gasteiger charge is -2.13. The summed E-state index contributed by atoms with van der Waals surface area (Å²) in [6.07, 6.45) is 0. The summed E-state index contributed by atoms with van der Waals surface area (Å²) in [5.74, 6) is 0.276. The number of aryl methyl sites for hydroxylation is 2. The maximum absolute atomic E-state index is 12.1. The molecule has 23 heavy (non-hydrogen) atoms. The second-order valence-corrected chi connectivity index (χ2v) is 7.30. The number of phenolic OH excluding ortho intramolecular Hbond substituents is 2. The summed E-state index contributed by atoms with van der Waals surface area (Å²) in [5, 5.41) is 21.6. The Morgan fingerprint density at radius 1 is 0.739 bits per heavy atom. The van der Waals surface area contributed by atoms with E-state index < -0.39 is 9.84 Å². The van der Waals surface area contributed by atoms with E-state index in [9.17, 15) is 18.6 Å². The minimum Gasteiger partial charge on any atom is -0.508 e. The number of sulfone groups is 1. The Balaban J connectivity index is 2.21. The molecule has 0 aliphatic carbocycles. The monoisotopic (exact) mass is 328 g/mol. The number of benzene rings is 2. The van der Waals surface area contributed by atoms with Gasteiger partial charge in [-0.05, 0) is 60.4 Å². The zero-order valence-electron chi connectivity index (χ0n) is 12.7. The van der Waals surface area contributed by atoms with Crippen LogP contribution in [-0.4, -0.2) is 18.6 Å². The summed E-state index contributed by atoms with van der Waals surface area (Å²) < 4.78 is 24.2. The highest BCUT2D eigenvalue weighted by Gasteiger charge is 2.24. The number of phenols is 2. The molecule has 118 valence electrons. The molecule has 5 heteroatoms. The molecule has 3 rings (SSSR count). The van der Waals surface area contributed by atoms with E-state index in [0.717, 1.165) is 22.3 Å². The zero-order valence-corrected chi connectivity index (χ0v) is 13.6. The van der Waals surface area contributed by atoms with Crippen LogP contribution < -0.4 is 0 Å². The van der Waals surface area contributed by atoms with Gasteiger partial charge in [0.1, 0.15) is 11.5 Å². The van der Waals surface area contributed by atoms with Crippen molar-refractivity contribution in [2.45, 2.75) is 13.8 Å². The minimum atomic E-state index is -3.44. The Bertz CT molecular complexity index is 893. The first-order chi connectivity index (χ1) is 10.8. The largest absolute Gasteiger partial charge is 0.508 e. The maximum atomic E-state index is 12.1. The fourth-order valence-corrected chi connectivity index (χ4v) is 4.04. The van der Waals surface area contributed by atoms with Gasteiger partial charge in [-0.3, -0.25) is 0 Å². The molecule has 0 amide bonds. The first kappa shape index (κ1) is 15.4. The van der Waals surface area contributed by atoms with Crippen LogP contribution in [0.1, 0.15) is 22.3 Å². The van der Waals surface area contributed by atoms with E-state index >= 15 is 0 Å². The molecule has 4 nitrogen and oxygen atoms in total. The van der Waals surface area contributed by atoms with E-state index in [1.54, 1.807) is 24.3 Å². The minimum absolute atomic E-state index is 0.138. The predicted molar refractivity (Wildman–Crippen MR) is 90.6 cm³/mol. The molecule has 0 bridgehead atoms. The normalized spacial score (nSPS) is 16.1. The van der Waals surface area contributed by atoms with Gasteiger partial charge in [0.15, 0.2) is 9.84 Å². The van der Waals surface area contributed by atoms with E-state index in [1.807, 2.05) is 13.8 Å². The van der Waals surface area contributed by atoms with Crippen molar-refractivity contribution in [2.75, 3.05) is 0 Å². The van der Waals surface area contributed by atoms with Gasteiger partial charge < -0.3 is 10.2 Å². The molecule has 1 aliphatic heterocycles. The SMILES string of the molecule is Cc1cc(O)ccc1C1=CS(=O)(=O)C=C1c1ccc(O)cc1C. The molecule has 0 fully saturated rings. The van der Waals surface area contributed by atoms with Crippen molar-refractivity contribution in [3.8, 4) is 11.5 Å². The number of allylic oxidation sites excluding steroid dienone is 2. The molecule has 2 aromatic rings. The second kappa shape index (κ2) is 5.28. The highest BCUT2D eigenvalue weighted by molar-refractivity contribution is 7.97. The van der Waals surface area contributed by atoms with E-state index in [2.05, 4.69) is 0 Å². The molecule has 0 saturated heterocycles. The average Bonchev–Trinajstić information content (AvgIpc) is 2.74. The summed E-state index contributed by atoms with van der Waals surface area (Å²) >= 11 is 0. The van der Waals surface area contributed by atoms with Crippen LogP contribution in [0.4, 0.5) is 0 Å². The number of hydrogen-bond acceptors (Lipinski definition) is 4. The highest BCUT2D eigenvalue weighted by atomic mass is 32.2. The molecular weight excluding hydrogens is 312 g/mol. The molecule has 0 saturated carbocycles. The van der Waals surface area contributed by atoms with Crippen molar-refractivity contribution in [3.05, 3.63) is 69.5 Å². The van der Waals surface area contributed by atoms with Crippen LogP contribution in [0, 0.1) is 13.8 Å². The number of hydrogen-bond donors (Lipinski definition) is 2. The van der Waals surface area contributed by atoms with Crippen LogP contribution >= 0.6 is 0 Å². The van der Waals surface area contributed by atoms with Crippen molar-refractivity contribution in [3.63, 3.8) is 0 Å². The van der Waals surface area contributed by atoms with Crippen LogP contribution in [0.5, 0.6) is 11.5 Å². The predicted octanol–water partition coefficient (Wildman–Crippen LogP) is 3.53. The van der Waals surface area contributed by atoms with Gasteiger partial charge in [0.05, 0.1) is 0 Å². The first-order valence-electron chi connectivity index (χ1n) is 7.06. The topological polar surface area (TPSA) is 74.6 Å². The standard InChI is InChI=1S/C18H16O4S/c1-11-7-13(19)3-5-15(11)17-9-23(21,22)10-18(17)16-6-4-14(20)8-12(16)2/h3-10,19-20H,1-2H3. The quantitative estimate of drug-likeness (QED) is 0.884. The van der Waals surface area contributed by atoms with Crippen molar-refractivity contribution < 1.29 is 18.6 Å². The Labute approximate surface area is 135 Å². The Kier molecular flexibility index (Phi) is 3.53. The molecule has 2 aromatic carbocycles. The third-order valence-corrected chi connectivity index (χ3v) is 4.98. The van der Waals surface area contributed by atoms with Crippen molar-refractivity contribution in [2.24, 2.45) is 0 Å². The van der Waals surface area contributed by atoms with Crippen LogP contribution in [0.25, 0.3) is 11.1 Å². The van der Waals surface area contributed by atoms with E-state index in [0.29, 0.717) is 11.1 Å². The summed E-state index contributed by atoms with van der Waals surface area (Å²) in [6.45, 7) is 3.64. The Morgan fingerprint density at radius 3 is 1.48 bits per heavy atom. The lowest BCUT2D eigenvalue weighted by molar-refractivity contribution is 0.474. The highest BCUT2D eigenvalue weighted by Crippen LogP contribution is 2.41. The molecule has 1 aliphatic rings. The maximum Gasteiger partial charge on any atom is 0.194 e. The van der Waals surface area contributed by atoms with Crippen molar-refractivity contribution >= 4 is 21.0 Å². The third kappa shape index (κ3) is 2.87. The van der Waals surface area contributed by atoms with E-state index in [1.165, 1.54) is 22.9 Å². The summed E-state index contributed by atoms with van der Waals surface area (Å²) in [6, 6.07) is 9.69. The van der Waals surface area contributed by atoms with Gasteiger partial charge in [0.2, 0.25) is 0 Å². The molecule has 0 aromatic heterocycles. The van der Waals surface area contributed by atoms with Crippen molar-refractivity contribution in [1.29, 1.82) is 0 Å². The Hall–Kier alpha value is -2.53. The van der Waals surface area contributed by atoms with Crippen LogP contribution in [0.3, 0.4) is 0 Å². The van der Waals surface area contributed by atoms with E-state index in [4.69, 9.17) is 0 Å². The number of aromatic hydroxyl groups is 2. The third-order valence-electron chi connectivity index (χ3n) is 3.85. The summed E-state index contributed by atoms with van der Waals surface area (Å²) in [4.78, 5) is 0. The van der Waals surface area contributed by atoms with Gasteiger partial charge in [0.25, 0.3) is 0 Å². The second-order valence-electron chi connectivity index (χ2n) is 5.65. The van der Waals surface area contributed by atoms with Crippen LogP contribution in [0.15, 0.2) is 47.2 Å². The smallest absolute Gasteiger partial charge is 0.194 e. The molecule has 0 atom stereocenters. The number of rotatable bonds is 2. The first-order valence-corrected chi connectivity index (χ1v) is 8.66. The van der Waals surface area contributed by atoms with Gasteiger partial charge in [-0.15, -0.1) is 0 Å². The van der Waals surface area contributed by atoms with Gasteiger partial charge in [-0.1, -0.05) is 12.1 Å². The lowest BCUT2D eigenvalue weighted by atomic mass is 9.90. The lowest BCUT2D eigenvalue weighted by Crippen LogP contribution is -1.93. The fraction of sp³-hybridized carbons (Fsp3) is 0.111. The molecule has 0 spiro atoms. The molecule has 1 heterocycles. The summed E-state index contributed by atoms with van der Waals surface area (Å²) in [5.41, 5.74) is 4.27. The van der Waals surface area contributed by atoms with Crippen LogP contribution in [-0.2, 0) is 9.84 Å². The molecule has 0 unspecified atom stereocenters. The summed E-state index contributed by atoms with van der Waals surface area (Å²) in [7, 11) is -3.44.